The summed E-state index contributed by atoms with van der Waals surface area (Å²) in [4.78, 5) is 0. The van der Waals surface area contributed by atoms with Crippen molar-refractivity contribution in [2.24, 2.45) is 0 Å². The molecule has 5 aromatic rings. The Bertz CT molecular complexity index is 1590. The molecule has 0 radical (unpaired) electrons. The van der Waals surface area contributed by atoms with Crippen LogP contribution in [-0.4, -0.2) is 20.3 Å². The molecule has 0 saturated heterocycles. The van der Waals surface area contributed by atoms with E-state index in [0.717, 1.165) is 44.2 Å². The first-order valence-corrected chi connectivity index (χ1v) is 16.2. The van der Waals surface area contributed by atoms with Crippen molar-refractivity contribution in [1.82, 2.24) is 0 Å². The number of hydrogen-bond acceptors (Lipinski definition) is 4. The van der Waals surface area contributed by atoms with E-state index in [1.165, 1.54) is 0 Å². The molecule has 0 fully saturated rings. The van der Waals surface area contributed by atoms with Crippen LogP contribution in [0, 0.1) is 0 Å². The Labute approximate surface area is 223 Å². The molecule has 4 aromatic carbocycles. The van der Waals surface area contributed by atoms with Gasteiger partial charge in [-0.25, -0.2) is 0 Å². The van der Waals surface area contributed by atoms with Gasteiger partial charge in [-0.15, -0.1) is 0 Å². The van der Waals surface area contributed by atoms with E-state index in [2.05, 4.69) is 19.6 Å². The van der Waals surface area contributed by atoms with E-state index in [0.29, 0.717) is 21.9 Å². The second-order valence-corrected chi connectivity index (χ2v) is 16.3. The minimum Gasteiger partial charge on any atom is -0.497 e. The largest absolute Gasteiger partial charge is 0.497 e. The highest BCUT2D eigenvalue weighted by atomic mass is 35.5. The van der Waals surface area contributed by atoms with Gasteiger partial charge in [0.2, 0.25) is 0 Å². The number of ether oxygens (including phenoxy) is 2. The zero-order valence-corrected chi connectivity index (χ0v) is 23.7. The highest BCUT2D eigenvalue weighted by molar-refractivity contribution is 6.91. The van der Waals surface area contributed by atoms with Crippen LogP contribution >= 0.6 is 11.6 Å². The van der Waals surface area contributed by atoms with E-state index in [1.807, 2.05) is 72.8 Å². The number of furan rings is 1. The Morgan fingerprint density at radius 3 is 2.14 bits per heavy atom. The maximum Gasteiger partial charge on any atom is 0.142 e. The first-order valence-electron chi connectivity index (χ1n) is 12.3. The van der Waals surface area contributed by atoms with Crippen LogP contribution in [0.25, 0.3) is 33.1 Å². The molecule has 0 aliphatic rings. The van der Waals surface area contributed by atoms with E-state index >= 15 is 0 Å². The maximum absolute atomic E-state index is 11.6. The molecule has 0 unspecified atom stereocenters. The van der Waals surface area contributed by atoms with Gasteiger partial charge in [0, 0.05) is 26.9 Å². The Morgan fingerprint density at radius 2 is 1.54 bits per heavy atom. The van der Waals surface area contributed by atoms with Gasteiger partial charge in [-0.2, -0.15) is 0 Å². The summed E-state index contributed by atoms with van der Waals surface area (Å²) in [7, 11) is -0.449. The fourth-order valence-corrected chi connectivity index (χ4v) is 7.03. The average molecular weight is 531 g/mol. The molecule has 1 heterocycles. The summed E-state index contributed by atoms with van der Waals surface area (Å²) in [5.74, 6) is 2.18. The van der Waals surface area contributed by atoms with Crippen molar-refractivity contribution in [2.45, 2.75) is 39.1 Å². The zero-order valence-electron chi connectivity index (χ0n) is 22.0. The maximum atomic E-state index is 11.6. The summed E-state index contributed by atoms with van der Waals surface area (Å²) in [6, 6.07) is 23.3. The van der Waals surface area contributed by atoms with Crippen molar-refractivity contribution in [1.29, 1.82) is 0 Å². The van der Waals surface area contributed by atoms with Gasteiger partial charge in [0.25, 0.3) is 0 Å². The minimum absolute atomic E-state index is 0.631. The van der Waals surface area contributed by atoms with Crippen molar-refractivity contribution in [2.75, 3.05) is 7.11 Å². The monoisotopic (exact) mass is 530 g/mol. The molecule has 4 nitrogen and oxygen atoms in total. The van der Waals surface area contributed by atoms with Crippen LogP contribution in [0.5, 0.6) is 17.2 Å². The topological polar surface area (TPSA) is 51.8 Å². The number of benzene rings is 4. The second kappa shape index (κ2) is 9.25. The molecule has 37 heavy (non-hydrogen) atoms. The van der Waals surface area contributed by atoms with E-state index in [1.54, 1.807) is 21.0 Å². The molecular formula is C31H31ClO4Si. The highest BCUT2D eigenvalue weighted by Gasteiger charge is 2.37. The van der Waals surface area contributed by atoms with Crippen LogP contribution in [0.15, 0.2) is 77.2 Å². The summed E-state index contributed by atoms with van der Waals surface area (Å²) in [5.41, 5.74) is 2.64. The summed E-state index contributed by atoms with van der Waals surface area (Å²) >= 11 is 6.47. The standard InChI is InChI=1S/C31H31ClO4Si/c1-31(2,33)27-25(19-10-8-7-9-11-19)29(35-22-15-13-21(34-3)14-16-22)30(37(4,5)6)26-23-18-20(32)12-17-24(23)36-28(26)27/h7-18,33H,1-6H3. The van der Waals surface area contributed by atoms with E-state index in [4.69, 9.17) is 25.5 Å². The minimum atomic E-state index is -2.09. The molecule has 0 spiro atoms. The van der Waals surface area contributed by atoms with Crippen LogP contribution in [0.4, 0.5) is 0 Å². The SMILES string of the molecule is COc1ccc(Oc2c(-c3ccccc3)c(C(C)(C)O)c3oc4ccc(Cl)cc4c3c2[Si](C)(C)C)cc1. The van der Waals surface area contributed by atoms with Crippen LogP contribution in [0.1, 0.15) is 19.4 Å². The van der Waals surface area contributed by atoms with Gasteiger partial charge in [0.15, 0.2) is 0 Å². The predicted molar refractivity (Wildman–Crippen MR) is 155 cm³/mol. The Hall–Kier alpha value is -3.25. The molecule has 1 aromatic heterocycles. The Kier molecular flexibility index (Phi) is 6.35. The van der Waals surface area contributed by atoms with Gasteiger partial charge in [0.05, 0.1) is 20.8 Å². The van der Waals surface area contributed by atoms with E-state index in [9.17, 15) is 5.11 Å². The second-order valence-electron chi connectivity index (χ2n) is 10.9. The Balaban J connectivity index is 2.01. The van der Waals surface area contributed by atoms with Crippen LogP contribution in [0.2, 0.25) is 24.7 Å². The van der Waals surface area contributed by atoms with Gasteiger partial charge in [-0.1, -0.05) is 61.6 Å². The van der Waals surface area contributed by atoms with Gasteiger partial charge in [-0.3, -0.25) is 0 Å². The lowest BCUT2D eigenvalue weighted by atomic mass is 9.87. The third-order valence-corrected chi connectivity index (χ3v) is 8.75. The summed E-state index contributed by atoms with van der Waals surface area (Å²) in [6.07, 6.45) is 0. The normalized spacial score (nSPS) is 12.3. The fraction of sp³-hybridized carbons (Fsp3) is 0.226. The first kappa shape index (κ1) is 25.4. The lowest BCUT2D eigenvalue weighted by Crippen LogP contribution is -2.40. The zero-order chi connectivity index (χ0) is 26.5. The molecule has 6 heteroatoms. The third kappa shape index (κ3) is 4.63. The van der Waals surface area contributed by atoms with E-state index in [-0.39, 0.29) is 0 Å². The van der Waals surface area contributed by atoms with Crippen molar-refractivity contribution in [3.05, 3.63) is 83.4 Å². The van der Waals surface area contributed by atoms with Crippen LogP contribution in [0.3, 0.4) is 0 Å². The lowest BCUT2D eigenvalue weighted by molar-refractivity contribution is 0.0797. The van der Waals surface area contributed by atoms with Gasteiger partial charge >= 0.3 is 0 Å². The average Bonchev–Trinajstić information content (AvgIpc) is 3.20. The first-order chi connectivity index (χ1) is 17.5. The number of aliphatic hydroxyl groups is 1. The van der Waals surface area contributed by atoms with Crippen molar-refractivity contribution in [3.8, 4) is 28.4 Å². The quantitative estimate of drug-likeness (QED) is 0.224. The molecular weight excluding hydrogens is 500 g/mol. The number of fused-ring (bicyclic) bond motifs is 3. The molecule has 5 rings (SSSR count). The predicted octanol–water partition coefficient (Wildman–Crippen LogP) is 8.48. The Morgan fingerprint density at radius 1 is 0.892 bits per heavy atom. The molecule has 0 aliphatic carbocycles. The summed E-state index contributed by atoms with van der Waals surface area (Å²) in [5, 5.41) is 15.2. The van der Waals surface area contributed by atoms with Crippen molar-refractivity contribution in [3.63, 3.8) is 0 Å². The van der Waals surface area contributed by atoms with E-state index < -0.39 is 13.7 Å². The number of methoxy groups -OCH3 is 1. The smallest absolute Gasteiger partial charge is 0.142 e. The fourth-order valence-electron chi connectivity index (χ4n) is 5.00. The van der Waals surface area contributed by atoms with Gasteiger partial charge in [-0.05, 0) is 67.1 Å². The van der Waals surface area contributed by atoms with Gasteiger partial charge < -0.3 is 19.0 Å². The van der Waals surface area contributed by atoms with Crippen LogP contribution < -0.4 is 14.7 Å². The molecule has 190 valence electrons. The summed E-state index contributed by atoms with van der Waals surface area (Å²) in [6.45, 7) is 10.5. The van der Waals surface area contributed by atoms with Gasteiger partial charge in [0.1, 0.15) is 28.4 Å². The number of rotatable bonds is 6. The number of hydrogen-bond donors (Lipinski definition) is 1. The molecule has 0 bridgehead atoms. The molecule has 0 atom stereocenters. The molecule has 1 N–H and O–H groups in total. The van der Waals surface area contributed by atoms with Crippen LogP contribution in [-0.2, 0) is 5.60 Å². The molecule has 0 aliphatic heterocycles. The van der Waals surface area contributed by atoms with Crippen molar-refractivity contribution < 1.29 is 19.0 Å². The van der Waals surface area contributed by atoms with Crippen molar-refractivity contribution >= 4 is 46.8 Å². The lowest BCUT2D eigenvalue weighted by Gasteiger charge is -2.30. The summed E-state index contributed by atoms with van der Waals surface area (Å²) < 4.78 is 18.7. The number of halogens is 1. The third-order valence-electron chi connectivity index (χ3n) is 6.53. The molecule has 0 amide bonds. The highest BCUT2D eigenvalue weighted by Crippen LogP contribution is 2.47. The molecule has 0 saturated carbocycles.